The predicted molar refractivity (Wildman–Crippen MR) is 99.3 cm³/mol. The van der Waals surface area contributed by atoms with Crippen molar-refractivity contribution in [3.8, 4) is 0 Å². The molecule has 1 unspecified atom stereocenters. The summed E-state index contributed by atoms with van der Waals surface area (Å²) in [6.07, 6.45) is 2.77. The SMILES string of the molecule is CSCCNC(=NCC1CCS(=O)(=O)C1)N1CCN(C(C)=O)CC1. The normalized spacial score (nSPS) is 24.2. The molecule has 0 aromatic heterocycles. The van der Waals surface area contributed by atoms with Crippen LogP contribution in [0.4, 0.5) is 0 Å². The molecule has 7 nitrogen and oxygen atoms in total. The molecule has 2 fully saturated rings. The molecule has 1 N–H and O–H groups in total. The van der Waals surface area contributed by atoms with E-state index in [0.29, 0.717) is 31.8 Å². The Balaban J connectivity index is 1.94. The maximum atomic E-state index is 11.6. The van der Waals surface area contributed by atoms with E-state index in [1.165, 1.54) is 0 Å². The molecule has 0 aliphatic carbocycles. The van der Waals surface area contributed by atoms with Crippen LogP contribution >= 0.6 is 11.8 Å². The van der Waals surface area contributed by atoms with Crippen LogP contribution in [0.15, 0.2) is 4.99 Å². The lowest BCUT2D eigenvalue weighted by Gasteiger charge is -2.36. The number of guanidine groups is 1. The van der Waals surface area contributed by atoms with Crippen LogP contribution in [0.25, 0.3) is 0 Å². The fourth-order valence-corrected chi connectivity index (χ4v) is 5.15. The highest BCUT2D eigenvalue weighted by Gasteiger charge is 2.28. The van der Waals surface area contributed by atoms with Crippen LogP contribution in [0.1, 0.15) is 13.3 Å². The van der Waals surface area contributed by atoms with E-state index in [1.54, 1.807) is 18.7 Å². The van der Waals surface area contributed by atoms with Crippen LogP contribution in [0.5, 0.6) is 0 Å². The summed E-state index contributed by atoms with van der Waals surface area (Å²) >= 11 is 1.77. The van der Waals surface area contributed by atoms with Gasteiger partial charge in [0.1, 0.15) is 0 Å². The van der Waals surface area contributed by atoms with Crippen molar-refractivity contribution in [2.45, 2.75) is 13.3 Å². The van der Waals surface area contributed by atoms with Gasteiger partial charge in [0, 0.05) is 51.9 Å². The van der Waals surface area contributed by atoms with E-state index in [0.717, 1.165) is 31.3 Å². The Hall–Kier alpha value is -0.960. The Labute approximate surface area is 149 Å². The van der Waals surface area contributed by atoms with Crippen molar-refractivity contribution in [2.24, 2.45) is 10.9 Å². The molecule has 0 aromatic rings. The molecule has 24 heavy (non-hydrogen) atoms. The van der Waals surface area contributed by atoms with E-state index in [1.807, 2.05) is 4.90 Å². The van der Waals surface area contributed by atoms with E-state index in [4.69, 9.17) is 4.99 Å². The zero-order chi connectivity index (χ0) is 17.6. The van der Waals surface area contributed by atoms with Gasteiger partial charge in [-0.2, -0.15) is 11.8 Å². The third-order valence-electron chi connectivity index (χ3n) is 4.44. The Bertz CT molecular complexity index is 557. The van der Waals surface area contributed by atoms with Crippen molar-refractivity contribution >= 4 is 33.5 Å². The molecule has 2 heterocycles. The molecule has 0 aromatic carbocycles. The number of nitrogens with zero attached hydrogens (tertiary/aromatic N) is 3. The zero-order valence-electron chi connectivity index (χ0n) is 14.5. The summed E-state index contributed by atoms with van der Waals surface area (Å²) in [5.74, 6) is 2.62. The Morgan fingerprint density at radius 2 is 1.92 bits per heavy atom. The first-order chi connectivity index (χ1) is 11.4. The number of amides is 1. The number of piperazine rings is 1. The van der Waals surface area contributed by atoms with E-state index >= 15 is 0 Å². The van der Waals surface area contributed by atoms with Crippen molar-refractivity contribution in [3.05, 3.63) is 0 Å². The van der Waals surface area contributed by atoms with Gasteiger partial charge in [0.2, 0.25) is 5.91 Å². The van der Waals surface area contributed by atoms with Crippen LogP contribution in [0, 0.1) is 5.92 Å². The van der Waals surface area contributed by atoms with Crippen molar-refractivity contribution in [2.75, 3.05) is 62.8 Å². The average molecular weight is 377 g/mol. The summed E-state index contributed by atoms with van der Waals surface area (Å²) < 4.78 is 23.2. The minimum Gasteiger partial charge on any atom is -0.355 e. The average Bonchev–Trinajstić information content (AvgIpc) is 2.90. The number of carbonyl (C=O) groups excluding carboxylic acids is 1. The van der Waals surface area contributed by atoms with Gasteiger partial charge in [0.15, 0.2) is 15.8 Å². The molecule has 9 heteroatoms. The van der Waals surface area contributed by atoms with Crippen molar-refractivity contribution < 1.29 is 13.2 Å². The van der Waals surface area contributed by atoms with E-state index in [2.05, 4.69) is 16.5 Å². The topological polar surface area (TPSA) is 82.1 Å². The van der Waals surface area contributed by atoms with Crippen LogP contribution in [0.2, 0.25) is 0 Å². The van der Waals surface area contributed by atoms with Crippen molar-refractivity contribution in [1.82, 2.24) is 15.1 Å². The van der Waals surface area contributed by atoms with Gasteiger partial charge in [-0.25, -0.2) is 8.42 Å². The lowest BCUT2D eigenvalue weighted by molar-refractivity contribution is -0.130. The molecule has 0 spiro atoms. The third-order valence-corrected chi connectivity index (χ3v) is 6.89. The van der Waals surface area contributed by atoms with Gasteiger partial charge in [-0.15, -0.1) is 0 Å². The number of nitrogens with one attached hydrogen (secondary N) is 1. The highest BCUT2D eigenvalue weighted by atomic mass is 32.2. The summed E-state index contributed by atoms with van der Waals surface area (Å²) in [5, 5.41) is 3.38. The summed E-state index contributed by atoms with van der Waals surface area (Å²) in [6.45, 7) is 5.90. The quantitative estimate of drug-likeness (QED) is 0.410. The molecule has 0 radical (unpaired) electrons. The fraction of sp³-hybridized carbons (Fsp3) is 0.867. The lowest BCUT2D eigenvalue weighted by atomic mass is 10.1. The Kier molecular flexibility index (Phi) is 7.21. The minimum atomic E-state index is -2.86. The molecule has 1 amide bonds. The summed E-state index contributed by atoms with van der Waals surface area (Å²) in [6, 6.07) is 0. The lowest BCUT2D eigenvalue weighted by Crippen LogP contribution is -2.53. The van der Waals surface area contributed by atoms with Gasteiger partial charge in [0.25, 0.3) is 0 Å². The second-order valence-electron chi connectivity index (χ2n) is 6.35. The van der Waals surface area contributed by atoms with Crippen LogP contribution in [-0.2, 0) is 14.6 Å². The van der Waals surface area contributed by atoms with Crippen molar-refractivity contribution in [3.63, 3.8) is 0 Å². The molecule has 0 saturated carbocycles. The first kappa shape index (κ1) is 19.4. The monoisotopic (exact) mass is 376 g/mol. The number of hydrogen-bond acceptors (Lipinski definition) is 5. The Morgan fingerprint density at radius 3 is 2.46 bits per heavy atom. The van der Waals surface area contributed by atoms with Gasteiger partial charge in [-0.3, -0.25) is 9.79 Å². The predicted octanol–water partition coefficient (Wildman–Crippen LogP) is -0.106. The number of rotatable bonds is 5. The molecular weight excluding hydrogens is 348 g/mol. The van der Waals surface area contributed by atoms with Gasteiger partial charge < -0.3 is 15.1 Å². The van der Waals surface area contributed by atoms with E-state index < -0.39 is 9.84 Å². The fourth-order valence-electron chi connectivity index (χ4n) is 3.00. The molecular formula is C15H28N4O3S2. The molecule has 0 bridgehead atoms. The van der Waals surface area contributed by atoms with E-state index in [9.17, 15) is 13.2 Å². The maximum Gasteiger partial charge on any atom is 0.219 e. The summed E-state index contributed by atoms with van der Waals surface area (Å²) in [7, 11) is -2.86. The summed E-state index contributed by atoms with van der Waals surface area (Å²) in [4.78, 5) is 20.2. The van der Waals surface area contributed by atoms with Crippen LogP contribution < -0.4 is 5.32 Å². The molecule has 2 aliphatic rings. The van der Waals surface area contributed by atoms with Gasteiger partial charge in [-0.1, -0.05) is 0 Å². The van der Waals surface area contributed by atoms with E-state index in [-0.39, 0.29) is 17.6 Å². The highest BCUT2D eigenvalue weighted by molar-refractivity contribution is 7.98. The second kappa shape index (κ2) is 8.94. The molecule has 2 saturated heterocycles. The smallest absolute Gasteiger partial charge is 0.219 e. The second-order valence-corrected chi connectivity index (χ2v) is 9.56. The number of thioether (sulfide) groups is 1. The minimum absolute atomic E-state index is 0.111. The highest BCUT2D eigenvalue weighted by Crippen LogP contribution is 2.18. The number of aliphatic imine (C=N–C) groups is 1. The van der Waals surface area contributed by atoms with Crippen molar-refractivity contribution in [1.29, 1.82) is 0 Å². The number of hydrogen-bond donors (Lipinski definition) is 1. The molecule has 2 rings (SSSR count). The molecule has 1 atom stereocenters. The molecule has 2 aliphatic heterocycles. The molecule has 138 valence electrons. The van der Waals surface area contributed by atoms with Gasteiger partial charge >= 0.3 is 0 Å². The van der Waals surface area contributed by atoms with Crippen LogP contribution in [-0.4, -0.2) is 92.9 Å². The first-order valence-corrected chi connectivity index (χ1v) is 11.6. The number of carbonyl (C=O) groups is 1. The number of sulfone groups is 1. The maximum absolute atomic E-state index is 11.6. The standard InChI is InChI=1S/C15H28N4O3S2/c1-13(20)18-5-7-19(8-6-18)15(16-4-9-23-2)17-11-14-3-10-24(21,22)12-14/h14H,3-12H2,1-2H3,(H,16,17). The summed E-state index contributed by atoms with van der Waals surface area (Å²) in [5.41, 5.74) is 0. The van der Waals surface area contributed by atoms with Crippen LogP contribution in [0.3, 0.4) is 0 Å². The largest absolute Gasteiger partial charge is 0.355 e. The third kappa shape index (κ3) is 5.84. The first-order valence-electron chi connectivity index (χ1n) is 8.39. The zero-order valence-corrected chi connectivity index (χ0v) is 16.2. The Morgan fingerprint density at radius 1 is 1.25 bits per heavy atom. The van der Waals surface area contributed by atoms with Gasteiger partial charge in [0.05, 0.1) is 11.5 Å². The van der Waals surface area contributed by atoms with Gasteiger partial charge in [-0.05, 0) is 18.6 Å².